The van der Waals surface area contributed by atoms with E-state index in [4.69, 9.17) is 0 Å². The predicted octanol–water partition coefficient (Wildman–Crippen LogP) is 2.70. The number of nitrogens with one attached hydrogen (secondary N) is 1. The molecule has 2 atom stereocenters. The smallest absolute Gasteiger partial charge is 0.0741 e. The summed E-state index contributed by atoms with van der Waals surface area (Å²) < 4.78 is 0. The number of aryl methyl sites for hydroxylation is 1. The molecule has 0 saturated carbocycles. The number of nitrogens with zero attached hydrogens (tertiary/aromatic N) is 1. The van der Waals surface area contributed by atoms with Crippen LogP contribution in [0.3, 0.4) is 0 Å². The van der Waals surface area contributed by atoms with Gasteiger partial charge in [0.1, 0.15) is 0 Å². The normalized spacial score (nSPS) is 23.4. The Hall–Kier alpha value is -1.06. The van der Waals surface area contributed by atoms with E-state index in [0.29, 0.717) is 12.0 Å². The molecular formula is C17H28N2O. The topological polar surface area (TPSA) is 35.5 Å². The van der Waals surface area contributed by atoms with Gasteiger partial charge >= 0.3 is 0 Å². The van der Waals surface area contributed by atoms with Crippen LogP contribution < -0.4 is 10.2 Å². The summed E-state index contributed by atoms with van der Waals surface area (Å²) in [5, 5.41) is 13.5. The van der Waals surface area contributed by atoms with Crippen molar-refractivity contribution in [2.75, 3.05) is 18.0 Å². The summed E-state index contributed by atoms with van der Waals surface area (Å²) in [6.07, 6.45) is 0.863. The van der Waals surface area contributed by atoms with E-state index in [-0.39, 0.29) is 6.10 Å². The zero-order valence-corrected chi connectivity index (χ0v) is 13.2. The molecule has 1 aliphatic rings. The molecule has 2 unspecified atom stereocenters. The Labute approximate surface area is 123 Å². The van der Waals surface area contributed by atoms with Gasteiger partial charge in [-0.1, -0.05) is 32.9 Å². The third-order valence-corrected chi connectivity index (χ3v) is 4.23. The van der Waals surface area contributed by atoms with Crippen LogP contribution in [0.4, 0.5) is 5.69 Å². The van der Waals surface area contributed by atoms with Crippen LogP contribution >= 0.6 is 0 Å². The highest BCUT2D eigenvalue weighted by Crippen LogP contribution is 2.26. The van der Waals surface area contributed by atoms with Crippen LogP contribution in [-0.2, 0) is 6.54 Å². The highest BCUT2D eigenvalue weighted by molar-refractivity contribution is 5.55. The fraction of sp³-hybridized carbons (Fsp3) is 0.647. The molecule has 1 heterocycles. The van der Waals surface area contributed by atoms with Crippen LogP contribution in [0.15, 0.2) is 18.2 Å². The number of β-amino-alcohol motifs (C(OH)–C–C–N with tert-alkyl or cyclic N) is 1. The number of aliphatic hydroxyl groups is 1. The van der Waals surface area contributed by atoms with E-state index >= 15 is 0 Å². The third-order valence-electron chi connectivity index (χ3n) is 4.23. The minimum absolute atomic E-state index is 0.203. The second kappa shape index (κ2) is 6.59. The van der Waals surface area contributed by atoms with Gasteiger partial charge in [0.05, 0.1) is 6.10 Å². The van der Waals surface area contributed by atoms with E-state index < -0.39 is 0 Å². The zero-order chi connectivity index (χ0) is 14.7. The predicted molar refractivity (Wildman–Crippen MR) is 85.2 cm³/mol. The average molecular weight is 276 g/mol. The molecule has 2 N–H and O–H groups in total. The molecule has 0 aliphatic carbocycles. The van der Waals surface area contributed by atoms with E-state index in [1.54, 1.807) is 0 Å². The summed E-state index contributed by atoms with van der Waals surface area (Å²) in [5.41, 5.74) is 3.89. The summed E-state index contributed by atoms with van der Waals surface area (Å²) in [4.78, 5) is 2.32. The van der Waals surface area contributed by atoms with E-state index in [9.17, 15) is 5.11 Å². The number of rotatable bonds is 4. The van der Waals surface area contributed by atoms with Crippen molar-refractivity contribution in [3.8, 4) is 0 Å². The second-order valence-corrected chi connectivity index (χ2v) is 6.44. The maximum absolute atomic E-state index is 10.0. The van der Waals surface area contributed by atoms with Crippen molar-refractivity contribution in [3.05, 3.63) is 29.3 Å². The minimum Gasteiger partial charge on any atom is -0.391 e. The summed E-state index contributed by atoms with van der Waals surface area (Å²) >= 11 is 0. The molecule has 2 rings (SSSR count). The van der Waals surface area contributed by atoms with Gasteiger partial charge in [0.15, 0.2) is 0 Å². The lowest BCUT2D eigenvalue weighted by atomic mass is 9.95. The van der Waals surface area contributed by atoms with E-state index in [2.05, 4.69) is 56.1 Å². The Morgan fingerprint density at radius 3 is 2.75 bits per heavy atom. The Morgan fingerprint density at radius 2 is 2.15 bits per heavy atom. The molecule has 0 spiro atoms. The maximum atomic E-state index is 10.0. The summed E-state index contributed by atoms with van der Waals surface area (Å²) in [5.74, 6) is 0.418. The Bertz CT molecular complexity index is 445. The van der Waals surface area contributed by atoms with Crippen molar-refractivity contribution >= 4 is 5.69 Å². The molecule has 0 radical (unpaired) electrons. The molecule has 3 heteroatoms. The molecule has 20 heavy (non-hydrogen) atoms. The van der Waals surface area contributed by atoms with E-state index in [0.717, 1.165) is 26.1 Å². The number of piperidine rings is 1. The standard InChI is InChI=1S/C17H28N2O/c1-12(2)18-10-15-5-6-16(14(4)9-15)19-8-7-13(3)17(20)11-19/h5-6,9,12-13,17-18,20H,7-8,10-11H2,1-4H3. The molecular weight excluding hydrogens is 248 g/mol. The zero-order valence-electron chi connectivity index (χ0n) is 13.2. The van der Waals surface area contributed by atoms with Crippen molar-refractivity contribution in [1.82, 2.24) is 5.32 Å². The molecule has 3 nitrogen and oxygen atoms in total. The Kier molecular flexibility index (Phi) is 5.06. The van der Waals surface area contributed by atoms with Crippen molar-refractivity contribution in [2.45, 2.75) is 52.8 Å². The molecule has 1 fully saturated rings. The first kappa shape index (κ1) is 15.3. The summed E-state index contributed by atoms with van der Waals surface area (Å²) in [6.45, 7) is 11.3. The van der Waals surface area contributed by atoms with Crippen molar-refractivity contribution in [3.63, 3.8) is 0 Å². The SMILES string of the molecule is Cc1cc(CNC(C)C)ccc1N1CCC(C)C(O)C1. The molecule has 1 aromatic carbocycles. The first-order chi connectivity index (χ1) is 9.47. The van der Waals surface area contributed by atoms with Crippen LogP contribution in [0.25, 0.3) is 0 Å². The van der Waals surface area contributed by atoms with Gasteiger partial charge in [0.25, 0.3) is 0 Å². The van der Waals surface area contributed by atoms with Crippen LogP contribution in [0.5, 0.6) is 0 Å². The molecule has 0 bridgehead atoms. The summed E-state index contributed by atoms with van der Waals surface area (Å²) in [7, 11) is 0. The van der Waals surface area contributed by atoms with Crippen LogP contribution in [0, 0.1) is 12.8 Å². The van der Waals surface area contributed by atoms with E-state index in [1.807, 2.05) is 0 Å². The van der Waals surface area contributed by atoms with Crippen molar-refractivity contribution in [1.29, 1.82) is 0 Å². The van der Waals surface area contributed by atoms with Gasteiger partial charge in [0.2, 0.25) is 0 Å². The van der Waals surface area contributed by atoms with Gasteiger partial charge in [-0.25, -0.2) is 0 Å². The maximum Gasteiger partial charge on any atom is 0.0741 e. The number of hydrogen-bond acceptors (Lipinski definition) is 3. The molecule has 1 aromatic rings. The van der Waals surface area contributed by atoms with Crippen LogP contribution in [0.2, 0.25) is 0 Å². The molecule has 0 amide bonds. The van der Waals surface area contributed by atoms with Gasteiger partial charge < -0.3 is 15.3 Å². The molecule has 1 saturated heterocycles. The van der Waals surface area contributed by atoms with E-state index in [1.165, 1.54) is 16.8 Å². The third kappa shape index (κ3) is 3.74. The number of hydrogen-bond donors (Lipinski definition) is 2. The monoisotopic (exact) mass is 276 g/mol. The van der Waals surface area contributed by atoms with Gasteiger partial charge in [-0.3, -0.25) is 0 Å². The summed E-state index contributed by atoms with van der Waals surface area (Å²) in [6, 6.07) is 7.17. The average Bonchev–Trinajstić information content (AvgIpc) is 2.40. The largest absolute Gasteiger partial charge is 0.391 e. The first-order valence-electron chi connectivity index (χ1n) is 7.73. The lowest BCUT2D eigenvalue weighted by Crippen LogP contribution is -2.43. The fourth-order valence-electron chi connectivity index (χ4n) is 2.77. The number of anilines is 1. The molecule has 112 valence electrons. The minimum atomic E-state index is -0.203. The first-order valence-corrected chi connectivity index (χ1v) is 7.73. The van der Waals surface area contributed by atoms with Crippen LogP contribution in [0.1, 0.15) is 38.3 Å². The fourth-order valence-corrected chi connectivity index (χ4v) is 2.77. The van der Waals surface area contributed by atoms with Gasteiger partial charge in [-0.05, 0) is 36.5 Å². The second-order valence-electron chi connectivity index (χ2n) is 6.44. The lowest BCUT2D eigenvalue weighted by molar-refractivity contribution is 0.103. The Balaban J connectivity index is 2.06. The van der Waals surface area contributed by atoms with Gasteiger partial charge in [-0.15, -0.1) is 0 Å². The molecule has 0 aromatic heterocycles. The van der Waals surface area contributed by atoms with Crippen molar-refractivity contribution in [2.24, 2.45) is 5.92 Å². The van der Waals surface area contributed by atoms with Crippen LogP contribution in [-0.4, -0.2) is 30.3 Å². The highest BCUT2D eigenvalue weighted by Gasteiger charge is 2.25. The number of aliphatic hydroxyl groups excluding tert-OH is 1. The Morgan fingerprint density at radius 1 is 1.40 bits per heavy atom. The highest BCUT2D eigenvalue weighted by atomic mass is 16.3. The van der Waals surface area contributed by atoms with Gasteiger partial charge in [0, 0.05) is 31.4 Å². The number of benzene rings is 1. The van der Waals surface area contributed by atoms with Gasteiger partial charge in [-0.2, -0.15) is 0 Å². The lowest BCUT2D eigenvalue weighted by Gasteiger charge is -2.36. The molecule has 1 aliphatic heterocycles. The van der Waals surface area contributed by atoms with Crippen molar-refractivity contribution < 1.29 is 5.11 Å². The quantitative estimate of drug-likeness (QED) is 0.887.